The third-order valence-electron chi connectivity index (χ3n) is 3.77. The minimum absolute atomic E-state index is 0.0189. The van der Waals surface area contributed by atoms with Gasteiger partial charge in [0.1, 0.15) is 5.00 Å². The van der Waals surface area contributed by atoms with E-state index in [1.165, 1.54) is 18.1 Å². The number of methoxy groups -OCH3 is 1. The van der Waals surface area contributed by atoms with Gasteiger partial charge in [-0.15, -0.1) is 11.3 Å². The number of carbonyl (C=O) groups excluding carboxylic acids is 3. The molecule has 0 atom stereocenters. The largest absolute Gasteiger partial charge is 0.465 e. The van der Waals surface area contributed by atoms with Gasteiger partial charge in [-0.3, -0.25) is 19.7 Å². The molecule has 1 N–H and O–H groups in total. The molecule has 0 saturated heterocycles. The van der Waals surface area contributed by atoms with Crippen LogP contribution in [0.25, 0.3) is 0 Å². The van der Waals surface area contributed by atoms with E-state index in [4.69, 9.17) is 16.3 Å². The van der Waals surface area contributed by atoms with Crippen molar-refractivity contribution in [3.05, 3.63) is 54.9 Å². The standard InChI is InChI=1S/C17H16ClN3O6S/c1-8-12(17(24)27-4)15(28-13(8)16(23)20(2)3)19-14(22)10-6-5-9(21(25)26)7-11(10)18/h5-7H,1-4H3,(H,19,22). The SMILES string of the molecule is COC(=O)c1c(NC(=O)c2ccc([N+](=O)[O-])cc2Cl)sc(C(=O)N(C)C)c1C. The Bertz CT molecular complexity index is 986. The number of hydrogen-bond donors (Lipinski definition) is 1. The van der Waals surface area contributed by atoms with Gasteiger partial charge in [-0.25, -0.2) is 4.79 Å². The van der Waals surface area contributed by atoms with Crippen LogP contribution in [-0.4, -0.2) is 48.8 Å². The fraction of sp³-hybridized carbons (Fsp3) is 0.235. The highest BCUT2D eigenvalue weighted by Crippen LogP contribution is 2.35. The maximum absolute atomic E-state index is 12.6. The summed E-state index contributed by atoms with van der Waals surface area (Å²) in [7, 11) is 4.31. The Morgan fingerprint density at radius 1 is 1.29 bits per heavy atom. The number of halogens is 1. The molecular formula is C17H16ClN3O6S. The van der Waals surface area contributed by atoms with Crippen LogP contribution in [0.15, 0.2) is 18.2 Å². The Kier molecular flexibility index (Phi) is 6.37. The highest BCUT2D eigenvalue weighted by atomic mass is 35.5. The van der Waals surface area contributed by atoms with E-state index in [2.05, 4.69) is 5.32 Å². The molecule has 1 heterocycles. The minimum Gasteiger partial charge on any atom is -0.465 e. The van der Waals surface area contributed by atoms with Gasteiger partial charge in [0, 0.05) is 26.2 Å². The Labute approximate surface area is 169 Å². The van der Waals surface area contributed by atoms with E-state index >= 15 is 0 Å². The van der Waals surface area contributed by atoms with Crippen molar-refractivity contribution in [2.24, 2.45) is 0 Å². The second kappa shape index (κ2) is 8.36. The molecule has 2 aromatic rings. The fourth-order valence-corrected chi connectivity index (χ4v) is 3.80. The molecule has 0 spiro atoms. The summed E-state index contributed by atoms with van der Waals surface area (Å²) >= 11 is 6.91. The van der Waals surface area contributed by atoms with Gasteiger partial charge in [-0.1, -0.05) is 11.6 Å². The number of nitro groups is 1. The van der Waals surface area contributed by atoms with Gasteiger partial charge < -0.3 is 15.0 Å². The lowest BCUT2D eigenvalue weighted by atomic mass is 10.1. The molecule has 148 valence electrons. The summed E-state index contributed by atoms with van der Waals surface area (Å²) in [6, 6.07) is 3.40. The van der Waals surface area contributed by atoms with E-state index in [1.807, 2.05) is 0 Å². The first-order chi connectivity index (χ1) is 13.1. The van der Waals surface area contributed by atoms with E-state index in [9.17, 15) is 24.5 Å². The zero-order valence-corrected chi connectivity index (χ0v) is 16.9. The number of esters is 1. The van der Waals surface area contributed by atoms with E-state index in [-0.39, 0.29) is 37.6 Å². The van der Waals surface area contributed by atoms with Gasteiger partial charge >= 0.3 is 5.97 Å². The van der Waals surface area contributed by atoms with Crippen LogP contribution in [-0.2, 0) is 4.74 Å². The number of nitrogens with zero attached hydrogens (tertiary/aromatic N) is 2. The smallest absolute Gasteiger partial charge is 0.341 e. The second-order valence-corrected chi connectivity index (χ2v) is 7.25. The molecule has 1 aromatic carbocycles. The van der Waals surface area contributed by atoms with Crippen LogP contribution in [0.3, 0.4) is 0 Å². The molecule has 0 bridgehead atoms. The van der Waals surface area contributed by atoms with Crippen molar-refractivity contribution in [2.45, 2.75) is 6.92 Å². The number of anilines is 1. The van der Waals surface area contributed by atoms with Crippen molar-refractivity contribution in [3.63, 3.8) is 0 Å². The molecule has 0 aliphatic carbocycles. The molecule has 0 aliphatic rings. The molecule has 28 heavy (non-hydrogen) atoms. The van der Waals surface area contributed by atoms with Gasteiger partial charge in [0.15, 0.2) is 0 Å². The minimum atomic E-state index is -0.711. The van der Waals surface area contributed by atoms with Crippen molar-refractivity contribution >= 4 is 51.4 Å². The molecule has 0 fully saturated rings. The third kappa shape index (κ3) is 4.12. The molecule has 11 heteroatoms. The number of amides is 2. The highest BCUT2D eigenvalue weighted by molar-refractivity contribution is 7.18. The van der Waals surface area contributed by atoms with Gasteiger partial charge in [0.2, 0.25) is 0 Å². The number of nitrogens with one attached hydrogen (secondary N) is 1. The van der Waals surface area contributed by atoms with Crippen LogP contribution in [0, 0.1) is 17.0 Å². The van der Waals surface area contributed by atoms with Crippen molar-refractivity contribution in [3.8, 4) is 0 Å². The quantitative estimate of drug-likeness (QED) is 0.445. The predicted octanol–water partition coefficient (Wildman–Crippen LogP) is 3.36. The average Bonchev–Trinajstić information content (AvgIpc) is 2.95. The summed E-state index contributed by atoms with van der Waals surface area (Å²) in [5.41, 5.74) is 0.155. The van der Waals surface area contributed by atoms with Gasteiger partial charge in [0.25, 0.3) is 17.5 Å². The van der Waals surface area contributed by atoms with Gasteiger partial charge in [-0.2, -0.15) is 0 Å². The highest BCUT2D eigenvalue weighted by Gasteiger charge is 2.27. The first kappa shape index (κ1) is 21.3. The maximum atomic E-state index is 12.6. The van der Waals surface area contributed by atoms with E-state index in [0.717, 1.165) is 23.5 Å². The van der Waals surface area contributed by atoms with Crippen molar-refractivity contribution < 1.29 is 24.0 Å². The van der Waals surface area contributed by atoms with Crippen LogP contribution < -0.4 is 5.32 Å². The molecule has 0 unspecified atom stereocenters. The summed E-state index contributed by atoms with van der Waals surface area (Å²) in [4.78, 5) is 48.9. The van der Waals surface area contributed by atoms with Crippen LogP contribution in [0.4, 0.5) is 10.7 Å². The molecule has 0 saturated carbocycles. The Morgan fingerprint density at radius 3 is 2.43 bits per heavy atom. The molecule has 0 aliphatic heterocycles. The molecule has 9 nitrogen and oxygen atoms in total. The van der Waals surface area contributed by atoms with E-state index < -0.39 is 16.8 Å². The second-order valence-electron chi connectivity index (χ2n) is 5.83. The number of hydrogen-bond acceptors (Lipinski definition) is 7. The number of carbonyl (C=O) groups is 3. The zero-order chi connectivity index (χ0) is 21.2. The van der Waals surface area contributed by atoms with Crippen molar-refractivity contribution in [1.29, 1.82) is 0 Å². The topological polar surface area (TPSA) is 119 Å². The Balaban J connectivity index is 2.46. The summed E-state index contributed by atoms with van der Waals surface area (Å²) in [5.74, 6) is -1.73. The van der Waals surface area contributed by atoms with Gasteiger partial charge in [-0.05, 0) is 18.6 Å². The van der Waals surface area contributed by atoms with Crippen LogP contribution in [0.2, 0.25) is 5.02 Å². The van der Waals surface area contributed by atoms with Crippen LogP contribution >= 0.6 is 22.9 Å². The number of nitro benzene ring substituents is 1. The summed E-state index contributed by atoms with van der Waals surface area (Å²) in [6.45, 7) is 1.58. The number of thiophene rings is 1. The first-order valence-electron chi connectivity index (χ1n) is 7.77. The lowest BCUT2D eigenvalue weighted by Crippen LogP contribution is -2.21. The first-order valence-corrected chi connectivity index (χ1v) is 8.96. The maximum Gasteiger partial charge on any atom is 0.341 e. The predicted molar refractivity (Wildman–Crippen MR) is 104 cm³/mol. The molecule has 0 radical (unpaired) electrons. The van der Waals surface area contributed by atoms with Crippen LogP contribution in [0.1, 0.15) is 36.0 Å². The Morgan fingerprint density at radius 2 is 1.93 bits per heavy atom. The van der Waals surface area contributed by atoms with Crippen LogP contribution in [0.5, 0.6) is 0 Å². The van der Waals surface area contributed by atoms with Crippen molar-refractivity contribution in [2.75, 3.05) is 26.5 Å². The Hall–Kier alpha value is -2.98. The number of benzene rings is 1. The summed E-state index contributed by atoms with van der Waals surface area (Å²) in [5, 5.41) is 13.3. The molecular weight excluding hydrogens is 410 g/mol. The third-order valence-corrected chi connectivity index (χ3v) is 5.28. The monoisotopic (exact) mass is 425 g/mol. The number of non-ortho nitro benzene ring substituents is 1. The molecule has 2 rings (SSSR count). The number of rotatable bonds is 5. The summed E-state index contributed by atoms with van der Waals surface area (Å²) < 4.78 is 4.75. The van der Waals surface area contributed by atoms with E-state index in [0.29, 0.717) is 5.56 Å². The average molecular weight is 426 g/mol. The van der Waals surface area contributed by atoms with E-state index in [1.54, 1.807) is 21.0 Å². The molecule has 1 aromatic heterocycles. The number of ether oxygens (including phenoxy) is 1. The van der Waals surface area contributed by atoms with Gasteiger partial charge in [0.05, 0.1) is 33.1 Å². The van der Waals surface area contributed by atoms with Crippen molar-refractivity contribution in [1.82, 2.24) is 4.90 Å². The lowest BCUT2D eigenvalue weighted by molar-refractivity contribution is -0.384. The summed E-state index contributed by atoms with van der Waals surface area (Å²) in [6.07, 6.45) is 0. The lowest BCUT2D eigenvalue weighted by Gasteiger charge is -2.08. The normalized spacial score (nSPS) is 10.3. The fourth-order valence-electron chi connectivity index (χ4n) is 2.33. The zero-order valence-electron chi connectivity index (χ0n) is 15.4. The molecule has 2 amide bonds.